The summed E-state index contributed by atoms with van der Waals surface area (Å²) in [6, 6.07) is 10.4. The number of hydrazine groups is 1. The molecule has 3 rings (SSSR count). The largest absolute Gasteiger partial charge is 0.334 e. The van der Waals surface area contributed by atoms with E-state index in [1.165, 1.54) is 5.56 Å². The van der Waals surface area contributed by atoms with Crippen LogP contribution in [0.4, 0.5) is 10.6 Å². The molecule has 1 aromatic heterocycles. The van der Waals surface area contributed by atoms with E-state index in [0.717, 1.165) is 32.5 Å². The Balaban J connectivity index is 1.36. The molecule has 1 aliphatic rings. The standard InChI is InChI=1S/C17H22N6O/c24-17(22-21-16-12-18-8-9-19-16)20-15-6-10-23(11-7-15)13-14-4-2-1-3-5-14/h1-5,8-9,12,15H,6-7,10-11,13H2,(H,19,21)(H2,20,22,24). The number of nitrogens with zero attached hydrogens (tertiary/aromatic N) is 3. The zero-order valence-electron chi connectivity index (χ0n) is 13.5. The molecule has 0 atom stereocenters. The van der Waals surface area contributed by atoms with E-state index in [9.17, 15) is 4.79 Å². The summed E-state index contributed by atoms with van der Waals surface area (Å²) < 4.78 is 0. The maximum Gasteiger partial charge on any atom is 0.333 e. The van der Waals surface area contributed by atoms with Crippen LogP contribution in [-0.4, -0.2) is 40.0 Å². The van der Waals surface area contributed by atoms with Crippen molar-refractivity contribution in [2.24, 2.45) is 0 Å². The number of rotatable bonds is 5. The molecular weight excluding hydrogens is 304 g/mol. The van der Waals surface area contributed by atoms with Gasteiger partial charge in [0.05, 0.1) is 6.20 Å². The van der Waals surface area contributed by atoms with E-state index in [1.807, 2.05) is 6.07 Å². The summed E-state index contributed by atoms with van der Waals surface area (Å²) in [5.41, 5.74) is 6.64. The first-order valence-corrected chi connectivity index (χ1v) is 8.14. The molecule has 7 nitrogen and oxygen atoms in total. The fraction of sp³-hybridized carbons (Fsp3) is 0.353. The highest BCUT2D eigenvalue weighted by Crippen LogP contribution is 2.13. The lowest BCUT2D eigenvalue weighted by molar-refractivity contribution is 0.187. The molecular formula is C17H22N6O. The van der Waals surface area contributed by atoms with Gasteiger partial charge in [-0.1, -0.05) is 30.3 Å². The Hall–Kier alpha value is -2.67. The van der Waals surface area contributed by atoms with Gasteiger partial charge in [-0.25, -0.2) is 9.78 Å². The summed E-state index contributed by atoms with van der Waals surface area (Å²) in [5.74, 6) is 0.505. The molecule has 2 amide bonds. The molecule has 2 heterocycles. The average molecular weight is 326 g/mol. The number of anilines is 1. The van der Waals surface area contributed by atoms with Gasteiger partial charge in [-0.15, -0.1) is 0 Å². The van der Waals surface area contributed by atoms with Gasteiger partial charge in [0.25, 0.3) is 0 Å². The van der Waals surface area contributed by atoms with Crippen molar-refractivity contribution in [3.05, 3.63) is 54.5 Å². The topological polar surface area (TPSA) is 82.2 Å². The third-order valence-corrected chi connectivity index (χ3v) is 4.04. The molecule has 0 aliphatic carbocycles. The quantitative estimate of drug-likeness (QED) is 0.730. The number of hydrogen-bond acceptors (Lipinski definition) is 5. The molecule has 0 radical (unpaired) electrons. The third kappa shape index (κ3) is 4.92. The van der Waals surface area contributed by atoms with Gasteiger partial charge in [0.1, 0.15) is 0 Å². The van der Waals surface area contributed by atoms with Crippen LogP contribution in [0, 0.1) is 0 Å². The Kier molecular flexibility index (Phi) is 5.57. The first-order valence-electron chi connectivity index (χ1n) is 8.14. The van der Waals surface area contributed by atoms with Crippen LogP contribution in [0.15, 0.2) is 48.9 Å². The third-order valence-electron chi connectivity index (χ3n) is 4.04. The van der Waals surface area contributed by atoms with Crippen LogP contribution in [0.1, 0.15) is 18.4 Å². The first kappa shape index (κ1) is 16.2. The molecule has 2 aromatic rings. The van der Waals surface area contributed by atoms with E-state index >= 15 is 0 Å². The molecule has 24 heavy (non-hydrogen) atoms. The fourth-order valence-corrected chi connectivity index (χ4v) is 2.78. The predicted octanol–water partition coefficient (Wildman–Crippen LogP) is 1.77. The van der Waals surface area contributed by atoms with Crippen LogP contribution in [-0.2, 0) is 6.54 Å². The summed E-state index contributed by atoms with van der Waals surface area (Å²) in [6.45, 7) is 2.93. The van der Waals surface area contributed by atoms with Crippen molar-refractivity contribution in [3.8, 4) is 0 Å². The van der Waals surface area contributed by atoms with Gasteiger partial charge < -0.3 is 5.32 Å². The number of piperidine rings is 1. The monoisotopic (exact) mass is 326 g/mol. The molecule has 1 fully saturated rings. The molecule has 126 valence electrons. The van der Waals surface area contributed by atoms with Crippen LogP contribution in [0.3, 0.4) is 0 Å². The second-order valence-electron chi connectivity index (χ2n) is 5.85. The highest BCUT2D eigenvalue weighted by molar-refractivity contribution is 5.75. The average Bonchev–Trinajstić information content (AvgIpc) is 2.63. The number of nitrogens with one attached hydrogen (secondary N) is 3. The van der Waals surface area contributed by atoms with Crippen LogP contribution in [0.2, 0.25) is 0 Å². The summed E-state index contributed by atoms with van der Waals surface area (Å²) in [7, 11) is 0. The lowest BCUT2D eigenvalue weighted by Crippen LogP contribution is -2.48. The number of urea groups is 1. The normalized spacial score (nSPS) is 15.7. The molecule has 0 bridgehead atoms. The van der Waals surface area contributed by atoms with E-state index in [2.05, 4.69) is 55.3 Å². The van der Waals surface area contributed by atoms with E-state index in [1.54, 1.807) is 18.6 Å². The Morgan fingerprint density at radius 1 is 1.17 bits per heavy atom. The second-order valence-corrected chi connectivity index (χ2v) is 5.85. The van der Waals surface area contributed by atoms with E-state index < -0.39 is 0 Å². The molecule has 0 saturated carbocycles. The van der Waals surface area contributed by atoms with Gasteiger partial charge in [0.15, 0.2) is 5.82 Å². The van der Waals surface area contributed by atoms with Crippen molar-refractivity contribution in [3.63, 3.8) is 0 Å². The SMILES string of the molecule is O=C(NNc1cnccn1)NC1CCN(Cc2ccccc2)CC1. The Bertz CT molecular complexity index is 628. The highest BCUT2D eigenvalue weighted by atomic mass is 16.2. The molecule has 0 spiro atoms. The summed E-state index contributed by atoms with van der Waals surface area (Å²) in [6.07, 6.45) is 6.58. The number of hydrogen-bond donors (Lipinski definition) is 3. The highest BCUT2D eigenvalue weighted by Gasteiger charge is 2.20. The van der Waals surface area contributed by atoms with E-state index in [0.29, 0.717) is 5.82 Å². The summed E-state index contributed by atoms with van der Waals surface area (Å²) in [4.78, 5) is 22.3. The van der Waals surface area contributed by atoms with Crippen molar-refractivity contribution < 1.29 is 4.79 Å². The molecule has 1 aliphatic heterocycles. The number of carbonyl (C=O) groups excluding carboxylic acids is 1. The van der Waals surface area contributed by atoms with Gasteiger partial charge in [-0.3, -0.25) is 20.7 Å². The van der Waals surface area contributed by atoms with Crippen LogP contribution in [0.5, 0.6) is 0 Å². The van der Waals surface area contributed by atoms with Crippen LogP contribution >= 0.6 is 0 Å². The van der Waals surface area contributed by atoms with E-state index in [4.69, 9.17) is 0 Å². The van der Waals surface area contributed by atoms with Crippen LogP contribution in [0.25, 0.3) is 0 Å². The maximum absolute atomic E-state index is 11.9. The van der Waals surface area contributed by atoms with E-state index in [-0.39, 0.29) is 12.1 Å². The number of carbonyl (C=O) groups is 1. The van der Waals surface area contributed by atoms with Crippen molar-refractivity contribution in [2.45, 2.75) is 25.4 Å². The minimum absolute atomic E-state index is 0.195. The Morgan fingerprint density at radius 3 is 2.67 bits per heavy atom. The van der Waals surface area contributed by atoms with Crippen molar-refractivity contribution in [1.82, 2.24) is 25.6 Å². The predicted molar refractivity (Wildman–Crippen MR) is 92.1 cm³/mol. The first-order chi connectivity index (χ1) is 11.8. The van der Waals surface area contributed by atoms with Crippen molar-refractivity contribution in [2.75, 3.05) is 18.5 Å². The summed E-state index contributed by atoms with van der Waals surface area (Å²) in [5, 5.41) is 2.99. The zero-order chi connectivity index (χ0) is 16.6. The number of likely N-dealkylation sites (tertiary alicyclic amines) is 1. The smallest absolute Gasteiger partial charge is 0.333 e. The molecule has 1 aromatic carbocycles. The van der Waals surface area contributed by atoms with Gasteiger partial charge >= 0.3 is 6.03 Å². The zero-order valence-corrected chi connectivity index (χ0v) is 13.5. The van der Waals surface area contributed by atoms with Crippen molar-refractivity contribution >= 4 is 11.8 Å². The Morgan fingerprint density at radius 2 is 1.96 bits per heavy atom. The number of amides is 2. The lowest BCUT2D eigenvalue weighted by atomic mass is 10.0. The van der Waals surface area contributed by atoms with Gasteiger partial charge in [-0.05, 0) is 18.4 Å². The van der Waals surface area contributed by atoms with Gasteiger partial charge in [0, 0.05) is 38.1 Å². The summed E-state index contributed by atoms with van der Waals surface area (Å²) >= 11 is 0. The van der Waals surface area contributed by atoms with Gasteiger partial charge in [-0.2, -0.15) is 0 Å². The Labute approximate surface area is 141 Å². The lowest BCUT2D eigenvalue weighted by Gasteiger charge is -2.32. The molecule has 0 unspecified atom stereocenters. The minimum Gasteiger partial charge on any atom is -0.334 e. The van der Waals surface area contributed by atoms with Crippen LogP contribution < -0.4 is 16.2 Å². The second kappa shape index (κ2) is 8.26. The molecule has 1 saturated heterocycles. The minimum atomic E-state index is -0.248. The number of aromatic nitrogens is 2. The molecule has 7 heteroatoms. The maximum atomic E-state index is 11.9. The fourth-order valence-electron chi connectivity index (χ4n) is 2.78. The van der Waals surface area contributed by atoms with Crippen molar-refractivity contribution in [1.29, 1.82) is 0 Å². The number of benzene rings is 1. The van der Waals surface area contributed by atoms with Gasteiger partial charge in [0.2, 0.25) is 0 Å². The molecule has 3 N–H and O–H groups in total.